The zero-order valence-corrected chi connectivity index (χ0v) is 14.9. The number of halogens is 3. The summed E-state index contributed by atoms with van der Waals surface area (Å²) in [5.74, 6) is 0.312. The summed E-state index contributed by atoms with van der Waals surface area (Å²) in [6.45, 7) is 0. The Balaban J connectivity index is 2.14. The number of hydrogen-bond donors (Lipinski definition) is 1. The summed E-state index contributed by atoms with van der Waals surface area (Å²) in [5.41, 5.74) is 0.698. The molecule has 0 aliphatic heterocycles. The zero-order valence-electron chi connectivity index (χ0n) is 14.9. The van der Waals surface area contributed by atoms with Crippen molar-refractivity contribution in [1.82, 2.24) is 0 Å². The molecule has 0 aliphatic rings. The number of benzene rings is 2. The molecule has 26 heavy (non-hydrogen) atoms. The summed E-state index contributed by atoms with van der Waals surface area (Å²) in [6, 6.07) is 10.6. The fourth-order valence-electron chi connectivity index (χ4n) is 2.57. The number of anilines is 2. The predicted octanol–water partition coefficient (Wildman–Crippen LogP) is 4.35. The highest BCUT2D eigenvalue weighted by Crippen LogP contribution is 2.35. The molecule has 0 unspecified atom stereocenters. The van der Waals surface area contributed by atoms with Gasteiger partial charge >= 0.3 is 6.18 Å². The Kier molecular flexibility index (Phi) is 6.13. The number of methoxy groups -OCH3 is 1. The molecular weight excluding hydrogens is 345 g/mol. The molecule has 2 aromatic rings. The fourth-order valence-corrected chi connectivity index (χ4v) is 2.57. The van der Waals surface area contributed by atoms with Gasteiger partial charge in [-0.1, -0.05) is 18.2 Å². The van der Waals surface area contributed by atoms with E-state index in [9.17, 15) is 18.0 Å². The minimum absolute atomic E-state index is 0.128. The summed E-state index contributed by atoms with van der Waals surface area (Å²) in [4.78, 5) is 13.9. The van der Waals surface area contributed by atoms with Crippen molar-refractivity contribution in [3.8, 4) is 5.75 Å². The Labute approximate surface area is 150 Å². The number of ether oxygens (including phenoxy) is 1. The Bertz CT molecular complexity index is 774. The minimum atomic E-state index is -4.47. The Morgan fingerprint density at radius 3 is 2.46 bits per heavy atom. The van der Waals surface area contributed by atoms with Crippen LogP contribution in [0.15, 0.2) is 42.5 Å². The largest absolute Gasteiger partial charge is 0.496 e. The number of carbonyl (C=O) groups excluding carboxylic acids is 1. The molecule has 0 spiro atoms. The van der Waals surface area contributed by atoms with Crippen molar-refractivity contribution < 1.29 is 22.7 Å². The Morgan fingerprint density at radius 1 is 1.15 bits per heavy atom. The second-order valence-corrected chi connectivity index (χ2v) is 5.98. The molecule has 0 aliphatic carbocycles. The van der Waals surface area contributed by atoms with Crippen LogP contribution in [0.2, 0.25) is 0 Å². The maximum atomic E-state index is 13.0. The molecule has 0 saturated carbocycles. The van der Waals surface area contributed by atoms with Gasteiger partial charge in [0.1, 0.15) is 5.75 Å². The number of nitrogens with one attached hydrogen (secondary N) is 1. The molecule has 0 radical (unpaired) electrons. The van der Waals surface area contributed by atoms with E-state index in [2.05, 4.69) is 5.32 Å². The van der Waals surface area contributed by atoms with E-state index in [0.29, 0.717) is 17.9 Å². The third-order valence-electron chi connectivity index (χ3n) is 3.89. The Morgan fingerprint density at radius 2 is 1.85 bits per heavy atom. The smallest absolute Gasteiger partial charge is 0.416 e. The number of hydrogen-bond acceptors (Lipinski definition) is 3. The number of nitrogens with zero attached hydrogens (tertiary/aromatic N) is 1. The average Bonchev–Trinajstić information content (AvgIpc) is 2.59. The van der Waals surface area contributed by atoms with E-state index in [4.69, 9.17) is 4.74 Å². The molecular formula is C19H21F3N2O2. The highest BCUT2D eigenvalue weighted by atomic mass is 19.4. The third kappa shape index (κ3) is 4.91. The van der Waals surface area contributed by atoms with Crippen LogP contribution in [0.25, 0.3) is 0 Å². The monoisotopic (exact) mass is 366 g/mol. The first kappa shape index (κ1) is 19.6. The quantitative estimate of drug-likeness (QED) is 0.826. The van der Waals surface area contributed by atoms with E-state index < -0.39 is 11.7 Å². The molecule has 1 amide bonds. The number of alkyl halides is 3. The second-order valence-electron chi connectivity index (χ2n) is 5.98. The van der Waals surface area contributed by atoms with Gasteiger partial charge in [0.15, 0.2) is 0 Å². The van der Waals surface area contributed by atoms with E-state index in [1.807, 2.05) is 18.2 Å². The van der Waals surface area contributed by atoms with Crippen LogP contribution in [0.4, 0.5) is 24.5 Å². The SMILES string of the molecule is COc1ccccc1CCC(=O)Nc1cc(C(F)(F)F)ccc1N(C)C. The van der Waals surface area contributed by atoms with Gasteiger partial charge in [0, 0.05) is 20.5 Å². The lowest BCUT2D eigenvalue weighted by Gasteiger charge is -2.20. The van der Waals surface area contributed by atoms with Crippen LogP contribution in [0.1, 0.15) is 17.5 Å². The normalized spacial score (nSPS) is 11.2. The van der Waals surface area contributed by atoms with Gasteiger partial charge < -0.3 is 15.0 Å². The summed E-state index contributed by atoms with van der Waals surface area (Å²) < 4.78 is 44.1. The van der Waals surface area contributed by atoms with E-state index >= 15 is 0 Å². The number of aryl methyl sites for hydroxylation is 1. The van der Waals surface area contributed by atoms with Crippen molar-refractivity contribution in [2.24, 2.45) is 0 Å². The number of carbonyl (C=O) groups is 1. The lowest BCUT2D eigenvalue weighted by atomic mass is 10.1. The van der Waals surface area contributed by atoms with Gasteiger partial charge in [-0.3, -0.25) is 4.79 Å². The predicted molar refractivity (Wildman–Crippen MR) is 95.7 cm³/mol. The van der Waals surface area contributed by atoms with Crippen LogP contribution >= 0.6 is 0 Å². The summed E-state index contributed by atoms with van der Waals surface area (Å²) in [6.07, 6.45) is -3.92. The molecule has 2 aromatic carbocycles. The summed E-state index contributed by atoms with van der Waals surface area (Å²) in [7, 11) is 4.95. The van der Waals surface area contributed by atoms with Crippen molar-refractivity contribution in [3.05, 3.63) is 53.6 Å². The molecule has 7 heteroatoms. The molecule has 0 atom stereocenters. The van der Waals surface area contributed by atoms with Crippen molar-refractivity contribution in [2.45, 2.75) is 19.0 Å². The lowest BCUT2D eigenvalue weighted by Crippen LogP contribution is -2.18. The van der Waals surface area contributed by atoms with Crippen molar-refractivity contribution in [1.29, 1.82) is 0 Å². The molecule has 0 fully saturated rings. The van der Waals surface area contributed by atoms with E-state index in [1.54, 1.807) is 32.2 Å². The van der Waals surface area contributed by atoms with Crippen LogP contribution in [0.5, 0.6) is 5.75 Å². The number of para-hydroxylation sites is 1. The highest BCUT2D eigenvalue weighted by Gasteiger charge is 2.31. The first-order chi connectivity index (χ1) is 12.2. The van der Waals surface area contributed by atoms with Gasteiger partial charge in [-0.2, -0.15) is 13.2 Å². The molecule has 1 N–H and O–H groups in total. The van der Waals surface area contributed by atoms with Crippen molar-refractivity contribution in [3.63, 3.8) is 0 Å². The minimum Gasteiger partial charge on any atom is -0.496 e. The van der Waals surface area contributed by atoms with Crippen LogP contribution in [-0.4, -0.2) is 27.1 Å². The van der Waals surface area contributed by atoms with Crippen molar-refractivity contribution >= 4 is 17.3 Å². The average molecular weight is 366 g/mol. The molecule has 0 saturated heterocycles. The van der Waals surface area contributed by atoms with Crippen LogP contribution in [-0.2, 0) is 17.4 Å². The lowest BCUT2D eigenvalue weighted by molar-refractivity contribution is -0.137. The summed E-state index contributed by atoms with van der Waals surface area (Å²) >= 11 is 0. The van der Waals surface area contributed by atoms with Gasteiger partial charge in [-0.15, -0.1) is 0 Å². The first-order valence-electron chi connectivity index (χ1n) is 8.02. The van der Waals surface area contributed by atoms with E-state index in [-0.39, 0.29) is 18.0 Å². The molecule has 0 heterocycles. The molecule has 2 rings (SSSR count). The van der Waals surface area contributed by atoms with Crippen molar-refractivity contribution in [2.75, 3.05) is 31.4 Å². The standard InChI is InChI=1S/C19H21F3N2O2/c1-24(2)16-10-9-14(19(20,21)22)12-15(16)23-18(25)11-8-13-6-4-5-7-17(13)26-3/h4-7,9-10,12H,8,11H2,1-3H3,(H,23,25). The van der Waals surface area contributed by atoms with Crippen LogP contribution in [0.3, 0.4) is 0 Å². The maximum Gasteiger partial charge on any atom is 0.416 e. The highest BCUT2D eigenvalue weighted by molar-refractivity contribution is 5.94. The molecule has 140 valence electrons. The third-order valence-corrected chi connectivity index (χ3v) is 3.89. The number of amides is 1. The molecule has 0 aromatic heterocycles. The van der Waals surface area contributed by atoms with Gasteiger partial charge in [0.05, 0.1) is 24.0 Å². The van der Waals surface area contributed by atoms with E-state index in [0.717, 1.165) is 17.7 Å². The molecule has 4 nitrogen and oxygen atoms in total. The Hall–Kier alpha value is -2.70. The van der Waals surface area contributed by atoms with E-state index in [1.165, 1.54) is 6.07 Å². The van der Waals surface area contributed by atoms with Gasteiger partial charge in [-0.25, -0.2) is 0 Å². The maximum absolute atomic E-state index is 13.0. The van der Waals surface area contributed by atoms with Gasteiger partial charge in [0.25, 0.3) is 0 Å². The summed E-state index contributed by atoms with van der Waals surface area (Å²) in [5, 5.41) is 2.59. The molecule has 0 bridgehead atoms. The van der Waals surface area contributed by atoms with Gasteiger partial charge in [0.2, 0.25) is 5.91 Å². The second kappa shape index (κ2) is 8.12. The van der Waals surface area contributed by atoms with Crippen LogP contribution in [0, 0.1) is 0 Å². The first-order valence-corrected chi connectivity index (χ1v) is 8.02. The fraction of sp³-hybridized carbons (Fsp3) is 0.316. The zero-order chi connectivity index (χ0) is 19.3. The number of rotatable bonds is 6. The topological polar surface area (TPSA) is 41.6 Å². The van der Waals surface area contributed by atoms with Crippen LogP contribution < -0.4 is 15.0 Å². The van der Waals surface area contributed by atoms with Gasteiger partial charge in [-0.05, 0) is 36.2 Å².